The molecule has 6 nitrogen and oxygen atoms in total. The lowest BCUT2D eigenvalue weighted by atomic mass is 9.94. The van der Waals surface area contributed by atoms with E-state index in [0.717, 1.165) is 61.4 Å². The van der Waals surface area contributed by atoms with Gasteiger partial charge in [0, 0.05) is 25.2 Å². The molecule has 2 aliphatic rings. The van der Waals surface area contributed by atoms with Gasteiger partial charge in [-0.05, 0) is 50.6 Å². The molecule has 0 saturated carbocycles. The highest BCUT2D eigenvalue weighted by Gasteiger charge is 2.30. The molecule has 2 aromatic rings. The zero-order valence-corrected chi connectivity index (χ0v) is 16.6. The summed E-state index contributed by atoms with van der Waals surface area (Å²) in [5.74, 6) is 1.20. The Kier molecular flexibility index (Phi) is 6.32. The number of halogens is 1. The topological polar surface area (TPSA) is 70.2 Å². The zero-order valence-electron chi connectivity index (χ0n) is 15.0. The summed E-state index contributed by atoms with van der Waals surface area (Å²) >= 11 is 1.63. The van der Waals surface area contributed by atoms with Crippen LogP contribution >= 0.6 is 23.7 Å². The van der Waals surface area contributed by atoms with Gasteiger partial charge in [0.25, 0.3) is 0 Å². The van der Waals surface area contributed by atoms with E-state index < -0.39 is 0 Å². The number of thiophene rings is 1. The minimum atomic E-state index is 0. The molecule has 0 radical (unpaired) electrons. The highest BCUT2D eigenvalue weighted by atomic mass is 35.5. The average molecular weight is 396 g/mol. The maximum Gasteiger partial charge on any atom is 0.225 e. The molecule has 3 atom stereocenters. The van der Waals surface area contributed by atoms with Crippen LogP contribution < -0.4 is 15.5 Å². The van der Waals surface area contributed by atoms with E-state index in [1.54, 1.807) is 17.7 Å². The number of nitrogens with zero attached hydrogens (tertiary/aromatic N) is 3. The standard InChI is InChI=1S/C18H25N5OS.ClH/c1-12-15(5-2-7-19-12)22-17(24)13-4-3-8-23(10-13)16-14-6-9-25-18(14)21-11-20-16;/h6,9,11-13,15,19H,2-5,7-8,10H2,1H3,(H,22,24);1H. The van der Waals surface area contributed by atoms with Crippen molar-refractivity contribution in [3.63, 3.8) is 0 Å². The Morgan fingerprint density at radius 1 is 1.35 bits per heavy atom. The van der Waals surface area contributed by atoms with Gasteiger partial charge in [0.2, 0.25) is 5.91 Å². The van der Waals surface area contributed by atoms with Crippen molar-refractivity contribution in [1.82, 2.24) is 20.6 Å². The number of fused-ring (bicyclic) bond motifs is 1. The molecule has 142 valence electrons. The molecule has 8 heteroatoms. The molecule has 1 amide bonds. The van der Waals surface area contributed by atoms with E-state index >= 15 is 0 Å². The van der Waals surface area contributed by atoms with Crippen LogP contribution in [-0.4, -0.2) is 47.6 Å². The number of carbonyl (C=O) groups excluding carboxylic acids is 1. The monoisotopic (exact) mass is 395 g/mol. The molecule has 2 aliphatic heterocycles. The number of anilines is 1. The minimum absolute atomic E-state index is 0. The second-order valence-corrected chi connectivity index (χ2v) is 8.02. The lowest BCUT2D eigenvalue weighted by molar-refractivity contribution is -0.126. The summed E-state index contributed by atoms with van der Waals surface area (Å²) in [5.41, 5.74) is 0. The van der Waals surface area contributed by atoms with E-state index in [0.29, 0.717) is 6.04 Å². The summed E-state index contributed by atoms with van der Waals surface area (Å²) in [6.45, 7) is 4.90. The van der Waals surface area contributed by atoms with Crippen LogP contribution in [0.2, 0.25) is 0 Å². The van der Waals surface area contributed by atoms with Crippen molar-refractivity contribution >= 4 is 45.7 Å². The van der Waals surface area contributed by atoms with E-state index in [1.807, 2.05) is 0 Å². The maximum absolute atomic E-state index is 12.8. The van der Waals surface area contributed by atoms with E-state index in [-0.39, 0.29) is 30.3 Å². The van der Waals surface area contributed by atoms with Crippen LogP contribution in [0.1, 0.15) is 32.6 Å². The largest absolute Gasteiger partial charge is 0.355 e. The summed E-state index contributed by atoms with van der Waals surface area (Å²) in [5, 5.41) is 9.88. The van der Waals surface area contributed by atoms with Crippen molar-refractivity contribution in [1.29, 1.82) is 0 Å². The van der Waals surface area contributed by atoms with Gasteiger partial charge in [-0.25, -0.2) is 9.97 Å². The average Bonchev–Trinajstić information content (AvgIpc) is 3.12. The molecule has 0 aliphatic carbocycles. The lowest BCUT2D eigenvalue weighted by Gasteiger charge is -2.36. The fourth-order valence-corrected chi connectivity index (χ4v) is 4.68. The van der Waals surface area contributed by atoms with Gasteiger partial charge in [0.15, 0.2) is 0 Å². The summed E-state index contributed by atoms with van der Waals surface area (Å²) in [6.07, 6.45) is 5.80. The highest BCUT2D eigenvalue weighted by Crippen LogP contribution is 2.30. The number of piperidine rings is 2. The van der Waals surface area contributed by atoms with Crippen LogP contribution in [0.3, 0.4) is 0 Å². The molecule has 4 heterocycles. The van der Waals surface area contributed by atoms with Crippen molar-refractivity contribution in [2.75, 3.05) is 24.5 Å². The second-order valence-electron chi connectivity index (χ2n) is 7.12. The van der Waals surface area contributed by atoms with Gasteiger partial charge in [-0.15, -0.1) is 23.7 Å². The third-order valence-corrected chi connectivity index (χ3v) is 6.24. The first-order valence-electron chi connectivity index (χ1n) is 9.19. The van der Waals surface area contributed by atoms with Crippen LogP contribution in [0.15, 0.2) is 17.8 Å². The Morgan fingerprint density at radius 2 is 2.23 bits per heavy atom. The summed E-state index contributed by atoms with van der Waals surface area (Å²) < 4.78 is 0. The van der Waals surface area contributed by atoms with E-state index in [4.69, 9.17) is 0 Å². The molecule has 4 rings (SSSR count). The third kappa shape index (κ3) is 3.94. The van der Waals surface area contributed by atoms with Crippen LogP contribution in [0.4, 0.5) is 5.82 Å². The van der Waals surface area contributed by atoms with Crippen LogP contribution in [0, 0.1) is 5.92 Å². The van der Waals surface area contributed by atoms with Gasteiger partial charge in [-0.3, -0.25) is 4.79 Å². The fourth-order valence-electron chi connectivity index (χ4n) is 3.95. The van der Waals surface area contributed by atoms with Gasteiger partial charge >= 0.3 is 0 Å². The van der Waals surface area contributed by atoms with E-state index in [2.05, 4.69) is 43.9 Å². The molecule has 2 saturated heterocycles. The summed E-state index contributed by atoms with van der Waals surface area (Å²) in [4.78, 5) is 24.9. The predicted octanol–water partition coefficient (Wildman–Crippen LogP) is 2.59. The smallest absolute Gasteiger partial charge is 0.225 e. The van der Waals surface area contributed by atoms with Gasteiger partial charge in [0.05, 0.1) is 11.3 Å². The SMILES string of the molecule is CC1NCCCC1NC(=O)C1CCCN(c2ncnc3sccc23)C1.Cl. The molecule has 2 aromatic heterocycles. The second kappa shape index (κ2) is 8.50. The lowest BCUT2D eigenvalue weighted by Crippen LogP contribution is -2.54. The summed E-state index contributed by atoms with van der Waals surface area (Å²) in [6, 6.07) is 2.68. The molecule has 2 fully saturated rings. The first-order valence-corrected chi connectivity index (χ1v) is 10.1. The van der Waals surface area contributed by atoms with Gasteiger partial charge < -0.3 is 15.5 Å². The fraction of sp³-hybridized carbons (Fsp3) is 0.611. The molecule has 2 N–H and O–H groups in total. The van der Waals surface area contributed by atoms with E-state index in [1.165, 1.54) is 0 Å². The van der Waals surface area contributed by atoms with Crippen LogP contribution in [0.25, 0.3) is 10.2 Å². The van der Waals surface area contributed by atoms with Crippen LogP contribution in [0.5, 0.6) is 0 Å². The highest BCUT2D eigenvalue weighted by molar-refractivity contribution is 7.16. The Labute approximate surface area is 164 Å². The van der Waals surface area contributed by atoms with Crippen molar-refractivity contribution in [2.45, 2.75) is 44.7 Å². The number of hydrogen-bond donors (Lipinski definition) is 2. The predicted molar refractivity (Wildman–Crippen MR) is 108 cm³/mol. The number of aromatic nitrogens is 2. The Morgan fingerprint density at radius 3 is 3.08 bits per heavy atom. The first-order chi connectivity index (χ1) is 12.2. The van der Waals surface area contributed by atoms with Gasteiger partial charge in [0.1, 0.15) is 17.0 Å². The Hall–Kier alpha value is -1.44. The Bertz CT molecular complexity index is 754. The number of amides is 1. The van der Waals surface area contributed by atoms with Crippen LogP contribution in [-0.2, 0) is 4.79 Å². The summed E-state index contributed by atoms with van der Waals surface area (Å²) in [7, 11) is 0. The van der Waals surface area contributed by atoms with Crippen molar-refractivity contribution in [2.24, 2.45) is 5.92 Å². The third-order valence-electron chi connectivity index (χ3n) is 5.42. The Balaban J connectivity index is 0.00000196. The van der Waals surface area contributed by atoms with Crippen molar-refractivity contribution in [3.8, 4) is 0 Å². The number of carbonyl (C=O) groups is 1. The number of hydrogen-bond acceptors (Lipinski definition) is 6. The zero-order chi connectivity index (χ0) is 17.2. The molecular weight excluding hydrogens is 370 g/mol. The molecule has 0 spiro atoms. The molecule has 0 aromatic carbocycles. The van der Waals surface area contributed by atoms with Crippen molar-refractivity contribution in [3.05, 3.63) is 17.8 Å². The molecular formula is C18H26ClN5OS. The first kappa shape index (κ1) is 19.3. The minimum Gasteiger partial charge on any atom is -0.355 e. The molecule has 26 heavy (non-hydrogen) atoms. The van der Waals surface area contributed by atoms with Gasteiger partial charge in [-0.1, -0.05) is 0 Å². The quantitative estimate of drug-likeness (QED) is 0.835. The normalized spacial score (nSPS) is 26.3. The van der Waals surface area contributed by atoms with Gasteiger partial charge in [-0.2, -0.15) is 0 Å². The van der Waals surface area contributed by atoms with Crippen molar-refractivity contribution < 1.29 is 4.79 Å². The number of rotatable bonds is 3. The van der Waals surface area contributed by atoms with E-state index in [9.17, 15) is 4.79 Å². The molecule has 3 unspecified atom stereocenters. The maximum atomic E-state index is 12.8. The molecule has 0 bridgehead atoms. The number of nitrogens with one attached hydrogen (secondary N) is 2.